The van der Waals surface area contributed by atoms with E-state index < -0.39 is 11.6 Å². The molecule has 2 aromatic heterocycles. The fraction of sp³-hybridized carbons (Fsp3) is 0.241. The van der Waals surface area contributed by atoms with Gasteiger partial charge in [0.05, 0.1) is 29.0 Å². The highest BCUT2D eigenvalue weighted by Gasteiger charge is 2.45. The van der Waals surface area contributed by atoms with Crippen LogP contribution in [-0.2, 0) is 34.7 Å². The van der Waals surface area contributed by atoms with Crippen molar-refractivity contribution in [1.29, 1.82) is 0 Å². The van der Waals surface area contributed by atoms with Crippen molar-refractivity contribution in [2.45, 2.75) is 44.9 Å². The fourth-order valence-corrected chi connectivity index (χ4v) is 5.29. The number of cyclic esters (lactones) is 1. The fourth-order valence-electron chi connectivity index (χ4n) is 5.29. The summed E-state index contributed by atoms with van der Waals surface area (Å²) in [6.07, 6.45) is 0.992. The monoisotopic (exact) mass is 480 g/mol. The van der Waals surface area contributed by atoms with Crippen LogP contribution >= 0.6 is 0 Å². The van der Waals surface area contributed by atoms with Crippen LogP contribution in [0.2, 0.25) is 0 Å². The number of carbonyl (C=O) groups is 2. The van der Waals surface area contributed by atoms with Crippen LogP contribution in [0.5, 0.6) is 0 Å². The van der Waals surface area contributed by atoms with E-state index in [1.165, 1.54) is 0 Å². The Morgan fingerprint density at radius 2 is 1.92 bits per heavy atom. The minimum absolute atomic E-state index is 0.0722. The quantitative estimate of drug-likeness (QED) is 0.303. The number of aryl methyl sites for hydroxylation is 1. The summed E-state index contributed by atoms with van der Waals surface area (Å²) in [5, 5.41) is 12.0. The second-order valence-electron chi connectivity index (χ2n) is 9.38. The molecule has 1 atom stereocenters. The number of para-hydroxylation sites is 1. The first-order valence-electron chi connectivity index (χ1n) is 12.1. The number of carbonyl (C=O) groups excluding carboxylic acids is 2. The van der Waals surface area contributed by atoms with Gasteiger partial charge in [0.2, 0.25) is 0 Å². The molecule has 0 aliphatic carbocycles. The molecule has 0 radical (unpaired) electrons. The predicted molar refractivity (Wildman–Crippen MR) is 134 cm³/mol. The van der Waals surface area contributed by atoms with Gasteiger partial charge >= 0.3 is 5.97 Å². The van der Waals surface area contributed by atoms with Crippen LogP contribution in [0, 0.1) is 0 Å². The topological polar surface area (TPSA) is 98.5 Å². The number of nitrogens with zero attached hydrogens (tertiary/aromatic N) is 2. The van der Waals surface area contributed by atoms with E-state index in [4.69, 9.17) is 9.72 Å². The minimum Gasteiger partial charge on any atom is -0.458 e. The van der Waals surface area contributed by atoms with E-state index >= 15 is 0 Å². The summed E-state index contributed by atoms with van der Waals surface area (Å²) in [4.78, 5) is 43.4. The molecule has 6 rings (SSSR count). The van der Waals surface area contributed by atoms with Crippen LogP contribution in [0.25, 0.3) is 22.3 Å². The summed E-state index contributed by atoms with van der Waals surface area (Å²) >= 11 is 0. The Morgan fingerprint density at radius 1 is 1.11 bits per heavy atom. The number of hydrogen-bond donors (Lipinski definition) is 1. The Labute approximate surface area is 207 Å². The first-order valence-corrected chi connectivity index (χ1v) is 12.1. The van der Waals surface area contributed by atoms with Crippen LogP contribution in [-0.4, -0.2) is 26.4 Å². The number of pyridine rings is 2. The standard InChI is InChI=1S/C29H24N2O5/c1-2-29(35)22-14-23-26-20(15-31(23)27(33)21(22)16-36-28(29)34)13-19-10-6-9-18(25(19)30-26)11-12-24(32)17-7-4-3-5-8-17/h3-10,13-14,35H,2,11-12,15-16H2,1H3. The van der Waals surface area contributed by atoms with Gasteiger partial charge in [-0.15, -0.1) is 0 Å². The Hall–Kier alpha value is -4.10. The Morgan fingerprint density at radius 3 is 2.69 bits per heavy atom. The smallest absolute Gasteiger partial charge is 0.343 e. The number of benzene rings is 2. The van der Waals surface area contributed by atoms with Crippen molar-refractivity contribution < 1.29 is 19.4 Å². The second kappa shape index (κ2) is 8.24. The summed E-state index contributed by atoms with van der Waals surface area (Å²) in [6, 6.07) is 18.9. The number of fused-ring (bicyclic) bond motifs is 5. The van der Waals surface area contributed by atoms with Crippen LogP contribution < -0.4 is 5.56 Å². The zero-order valence-corrected chi connectivity index (χ0v) is 19.8. The molecule has 2 aromatic carbocycles. The van der Waals surface area contributed by atoms with Crippen molar-refractivity contribution in [3.63, 3.8) is 0 Å². The molecule has 1 N–H and O–H groups in total. The van der Waals surface area contributed by atoms with E-state index in [1.807, 2.05) is 54.6 Å². The van der Waals surface area contributed by atoms with Gasteiger partial charge in [-0.25, -0.2) is 9.78 Å². The van der Waals surface area contributed by atoms with Gasteiger partial charge in [0.15, 0.2) is 11.4 Å². The summed E-state index contributed by atoms with van der Waals surface area (Å²) < 4.78 is 6.77. The van der Waals surface area contributed by atoms with Crippen molar-refractivity contribution in [2.24, 2.45) is 0 Å². The Kier molecular flexibility index (Phi) is 5.12. The third kappa shape index (κ3) is 3.31. The van der Waals surface area contributed by atoms with Crippen LogP contribution in [0.15, 0.2) is 65.5 Å². The van der Waals surface area contributed by atoms with Gasteiger partial charge in [0.1, 0.15) is 6.61 Å². The largest absolute Gasteiger partial charge is 0.458 e. The summed E-state index contributed by atoms with van der Waals surface area (Å²) in [5.74, 6) is -0.667. The Balaban J connectivity index is 1.43. The highest BCUT2D eigenvalue weighted by Crippen LogP contribution is 2.39. The van der Waals surface area contributed by atoms with Crippen LogP contribution in [0.1, 0.15) is 52.4 Å². The molecule has 180 valence electrons. The SMILES string of the molecule is CCC1(O)C(=O)OCc2c1cc1n(c2=O)Cc2cc3cccc(CCC(=O)c4ccccc4)c3nc2-1. The number of aliphatic hydroxyl groups is 1. The molecule has 0 amide bonds. The maximum atomic E-state index is 13.4. The molecule has 0 spiro atoms. The first kappa shape index (κ1) is 22.4. The van der Waals surface area contributed by atoms with Gasteiger partial charge in [-0.3, -0.25) is 9.59 Å². The molecule has 0 fully saturated rings. The van der Waals surface area contributed by atoms with E-state index in [0.717, 1.165) is 22.0 Å². The lowest BCUT2D eigenvalue weighted by molar-refractivity contribution is -0.172. The number of aromatic nitrogens is 2. The minimum atomic E-state index is -1.86. The van der Waals surface area contributed by atoms with Crippen LogP contribution in [0.4, 0.5) is 0 Å². The van der Waals surface area contributed by atoms with Gasteiger partial charge in [-0.2, -0.15) is 0 Å². The van der Waals surface area contributed by atoms with E-state index in [2.05, 4.69) is 0 Å². The molecule has 0 saturated carbocycles. The first-order chi connectivity index (χ1) is 17.4. The summed E-state index contributed by atoms with van der Waals surface area (Å²) in [5.41, 5.74) is 3.01. The average molecular weight is 481 g/mol. The maximum Gasteiger partial charge on any atom is 0.343 e. The van der Waals surface area contributed by atoms with Gasteiger partial charge in [-0.05, 0) is 30.5 Å². The Bertz CT molecular complexity index is 1620. The number of Topliss-reactive ketones (excluding diaryl/α,β-unsaturated/α-hetero) is 1. The van der Waals surface area contributed by atoms with Crippen molar-refractivity contribution in [3.8, 4) is 11.4 Å². The van der Waals surface area contributed by atoms with E-state index in [-0.39, 0.29) is 24.4 Å². The number of rotatable bonds is 5. The predicted octanol–water partition coefficient (Wildman–Crippen LogP) is 3.90. The zero-order chi connectivity index (χ0) is 25.0. The normalized spacial score (nSPS) is 17.9. The molecule has 36 heavy (non-hydrogen) atoms. The van der Waals surface area contributed by atoms with Crippen molar-refractivity contribution >= 4 is 22.7 Å². The van der Waals surface area contributed by atoms with Gasteiger partial charge in [0, 0.05) is 28.5 Å². The average Bonchev–Trinajstić information content (AvgIpc) is 3.27. The van der Waals surface area contributed by atoms with Gasteiger partial charge in [0.25, 0.3) is 5.56 Å². The molecule has 0 bridgehead atoms. The summed E-state index contributed by atoms with van der Waals surface area (Å²) in [7, 11) is 0. The highest BCUT2D eigenvalue weighted by molar-refractivity contribution is 5.96. The second-order valence-corrected chi connectivity index (χ2v) is 9.38. The lowest BCUT2D eigenvalue weighted by Gasteiger charge is -2.31. The third-order valence-corrected chi connectivity index (χ3v) is 7.34. The van der Waals surface area contributed by atoms with Crippen LogP contribution in [0.3, 0.4) is 0 Å². The zero-order valence-electron chi connectivity index (χ0n) is 19.8. The molecule has 0 saturated heterocycles. The third-order valence-electron chi connectivity index (χ3n) is 7.34. The van der Waals surface area contributed by atoms with Crippen molar-refractivity contribution in [2.75, 3.05) is 0 Å². The maximum absolute atomic E-state index is 13.4. The van der Waals surface area contributed by atoms with Crippen molar-refractivity contribution in [3.05, 3.63) is 98.8 Å². The van der Waals surface area contributed by atoms with E-state index in [1.54, 1.807) is 17.6 Å². The molecule has 2 aliphatic rings. The lowest BCUT2D eigenvalue weighted by atomic mass is 9.86. The molecule has 7 nitrogen and oxygen atoms in total. The molecule has 2 aliphatic heterocycles. The molecular formula is C29H24N2O5. The molecule has 7 heteroatoms. The van der Waals surface area contributed by atoms with Gasteiger partial charge < -0.3 is 14.4 Å². The number of ketones is 1. The molecule has 4 heterocycles. The number of ether oxygens (including phenoxy) is 1. The van der Waals surface area contributed by atoms with E-state index in [9.17, 15) is 19.5 Å². The van der Waals surface area contributed by atoms with Gasteiger partial charge in [-0.1, -0.05) is 55.5 Å². The van der Waals surface area contributed by atoms with E-state index in [0.29, 0.717) is 47.5 Å². The lowest BCUT2D eigenvalue weighted by Crippen LogP contribution is -2.44. The number of esters is 1. The molecule has 4 aromatic rings. The summed E-state index contributed by atoms with van der Waals surface area (Å²) in [6.45, 7) is 1.89. The number of hydrogen-bond acceptors (Lipinski definition) is 6. The molecular weight excluding hydrogens is 456 g/mol. The van der Waals surface area contributed by atoms with Crippen molar-refractivity contribution in [1.82, 2.24) is 9.55 Å². The highest BCUT2D eigenvalue weighted by atomic mass is 16.6. The molecule has 1 unspecified atom stereocenters.